The van der Waals surface area contributed by atoms with E-state index in [0.29, 0.717) is 11.6 Å². The van der Waals surface area contributed by atoms with Crippen molar-refractivity contribution >= 4 is 11.7 Å². The van der Waals surface area contributed by atoms with Gasteiger partial charge in [0.15, 0.2) is 0 Å². The van der Waals surface area contributed by atoms with Crippen LogP contribution in [-0.2, 0) is 4.79 Å². The van der Waals surface area contributed by atoms with Crippen molar-refractivity contribution in [3.8, 4) is 5.75 Å². The highest BCUT2D eigenvalue weighted by Crippen LogP contribution is 2.13. The zero-order valence-corrected chi connectivity index (χ0v) is 8.15. The molecule has 14 heavy (non-hydrogen) atoms. The van der Waals surface area contributed by atoms with Crippen molar-refractivity contribution in [2.75, 3.05) is 12.4 Å². The smallest absolute Gasteiger partial charge is 0.242 e. The first-order valence-electron chi connectivity index (χ1n) is 4.20. The monoisotopic (exact) mass is 195 g/mol. The van der Waals surface area contributed by atoms with Crippen molar-refractivity contribution in [1.82, 2.24) is 4.98 Å². The Kier molecular flexibility index (Phi) is 3.41. The quantitative estimate of drug-likeness (QED) is 0.730. The summed E-state index contributed by atoms with van der Waals surface area (Å²) in [5, 5.41) is 2.56. The van der Waals surface area contributed by atoms with Crippen molar-refractivity contribution in [2.24, 2.45) is 5.73 Å². The molecule has 0 spiro atoms. The molecule has 0 radical (unpaired) electrons. The second-order valence-electron chi connectivity index (χ2n) is 2.86. The lowest BCUT2D eigenvalue weighted by Crippen LogP contribution is -2.32. The molecule has 0 saturated carbocycles. The van der Waals surface area contributed by atoms with Crippen LogP contribution in [0, 0.1) is 0 Å². The number of nitrogens with one attached hydrogen (secondary N) is 1. The summed E-state index contributed by atoms with van der Waals surface area (Å²) >= 11 is 0. The first kappa shape index (κ1) is 10.5. The van der Waals surface area contributed by atoms with Crippen LogP contribution in [0.4, 0.5) is 5.82 Å². The van der Waals surface area contributed by atoms with Crippen LogP contribution < -0.4 is 15.8 Å². The van der Waals surface area contributed by atoms with Gasteiger partial charge in [-0.3, -0.25) is 4.79 Å². The summed E-state index contributed by atoms with van der Waals surface area (Å²) in [7, 11) is 1.55. The van der Waals surface area contributed by atoms with Crippen molar-refractivity contribution < 1.29 is 9.53 Å². The summed E-state index contributed by atoms with van der Waals surface area (Å²) in [6.07, 6.45) is 1.55. The number of ether oxygens (including phenoxy) is 1. The number of hydrogen-bond donors (Lipinski definition) is 2. The Hall–Kier alpha value is -1.62. The van der Waals surface area contributed by atoms with Crippen LogP contribution in [-0.4, -0.2) is 24.0 Å². The molecule has 1 amide bonds. The number of nitrogens with two attached hydrogens (primary N) is 1. The molecule has 1 unspecified atom stereocenters. The van der Waals surface area contributed by atoms with Gasteiger partial charge in [-0.25, -0.2) is 4.98 Å². The third-order valence-corrected chi connectivity index (χ3v) is 1.63. The number of anilines is 1. The summed E-state index contributed by atoms with van der Waals surface area (Å²) < 4.78 is 4.97. The van der Waals surface area contributed by atoms with Gasteiger partial charge >= 0.3 is 0 Å². The number of aromatic nitrogens is 1. The molecular formula is C9H13N3O2. The van der Waals surface area contributed by atoms with Gasteiger partial charge in [0.05, 0.1) is 13.2 Å². The third-order valence-electron chi connectivity index (χ3n) is 1.63. The van der Waals surface area contributed by atoms with Gasteiger partial charge in [-0.2, -0.15) is 0 Å². The van der Waals surface area contributed by atoms with Crippen molar-refractivity contribution in [2.45, 2.75) is 13.0 Å². The number of carbonyl (C=O) groups is 1. The Labute approximate surface area is 82.3 Å². The lowest BCUT2D eigenvalue weighted by molar-refractivity contribution is -0.117. The molecule has 1 aromatic rings. The van der Waals surface area contributed by atoms with E-state index in [4.69, 9.17) is 10.5 Å². The fourth-order valence-electron chi connectivity index (χ4n) is 0.847. The van der Waals surface area contributed by atoms with E-state index in [1.807, 2.05) is 0 Å². The van der Waals surface area contributed by atoms with Crippen molar-refractivity contribution in [3.63, 3.8) is 0 Å². The first-order chi connectivity index (χ1) is 6.63. The van der Waals surface area contributed by atoms with Gasteiger partial charge in [0.2, 0.25) is 5.91 Å². The maximum atomic E-state index is 11.2. The highest BCUT2D eigenvalue weighted by Gasteiger charge is 2.08. The summed E-state index contributed by atoms with van der Waals surface area (Å²) in [6, 6.07) is 2.77. The SMILES string of the molecule is COc1ccnc(NC(=O)C(C)N)c1. The summed E-state index contributed by atoms with van der Waals surface area (Å²) in [6.45, 7) is 1.61. The maximum Gasteiger partial charge on any atom is 0.242 e. The molecule has 0 bridgehead atoms. The van der Waals surface area contributed by atoms with Crippen LogP contribution >= 0.6 is 0 Å². The molecule has 0 aliphatic carbocycles. The van der Waals surface area contributed by atoms with Gasteiger partial charge in [-0.05, 0) is 13.0 Å². The average molecular weight is 195 g/mol. The van der Waals surface area contributed by atoms with E-state index >= 15 is 0 Å². The fraction of sp³-hybridized carbons (Fsp3) is 0.333. The fourth-order valence-corrected chi connectivity index (χ4v) is 0.847. The molecule has 0 aromatic carbocycles. The van der Waals surface area contributed by atoms with Gasteiger partial charge < -0.3 is 15.8 Å². The largest absolute Gasteiger partial charge is 0.497 e. The van der Waals surface area contributed by atoms with E-state index in [1.54, 1.807) is 32.4 Å². The minimum atomic E-state index is -0.553. The lowest BCUT2D eigenvalue weighted by Gasteiger charge is -2.07. The van der Waals surface area contributed by atoms with Crippen molar-refractivity contribution in [3.05, 3.63) is 18.3 Å². The first-order valence-corrected chi connectivity index (χ1v) is 4.20. The molecule has 1 atom stereocenters. The van der Waals surface area contributed by atoms with Gasteiger partial charge in [0, 0.05) is 12.3 Å². The van der Waals surface area contributed by atoms with E-state index in [9.17, 15) is 4.79 Å². The van der Waals surface area contributed by atoms with Crippen LogP contribution in [0.25, 0.3) is 0 Å². The normalized spacial score (nSPS) is 11.9. The highest BCUT2D eigenvalue weighted by atomic mass is 16.5. The van der Waals surface area contributed by atoms with E-state index < -0.39 is 6.04 Å². The Morgan fingerprint density at radius 3 is 3.00 bits per heavy atom. The second kappa shape index (κ2) is 4.57. The molecule has 0 fully saturated rings. The Balaban J connectivity index is 2.72. The van der Waals surface area contributed by atoms with Gasteiger partial charge in [-0.1, -0.05) is 0 Å². The standard InChI is InChI=1S/C9H13N3O2/c1-6(10)9(13)12-8-5-7(14-2)3-4-11-8/h3-6H,10H2,1-2H3,(H,11,12,13). The lowest BCUT2D eigenvalue weighted by atomic mass is 10.3. The molecular weight excluding hydrogens is 182 g/mol. The number of rotatable bonds is 3. The Morgan fingerprint density at radius 2 is 2.43 bits per heavy atom. The molecule has 0 aliphatic heterocycles. The molecule has 3 N–H and O–H groups in total. The Morgan fingerprint density at radius 1 is 1.71 bits per heavy atom. The molecule has 5 heteroatoms. The zero-order valence-electron chi connectivity index (χ0n) is 8.15. The summed E-state index contributed by atoms with van der Waals surface area (Å²) in [5.41, 5.74) is 5.38. The number of hydrogen-bond acceptors (Lipinski definition) is 4. The minimum absolute atomic E-state index is 0.272. The molecule has 0 aliphatic rings. The van der Waals surface area contributed by atoms with E-state index in [2.05, 4.69) is 10.3 Å². The maximum absolute atomic E-state index is 11.2. The van der Waals surface area contributed by atoms with Gasteiger partial charge in [0.25, 0.3) is 0 Å². The number of amides is 1. The van der Waals surface area contributed by atoms with Gasteiger partial charge in [-0.15, -0.1) is 0 Å². The van der Waals surface area contributed by atoms with Crippen LogP contribution in [0.1, 0.15) is 6.92 Å². The topological polar surface area (TPSA) is 77.2 Å². The number of nitrogens with zero attached hydrogens (tertiary/aromatic N) is 1. The third kappa shape index (κ3) is 2.70. The van der Waals surface area contributed by atoms with Gasteiger partial charge in [0.1, 0.15) is 11.6 Å². The number of carbonyl (C=O) groups excluding carboxylic acids is 1. The number of methoxy groups -OCH3 is 1. The predicted octanol–water partition coefficient (Wildman–Crippen LogP) is 0.376. The molecule has 1 aromatic heterocycles. The predicted molar refractivity (Wildman–Crippen MR) is 53.1 cm³/mol. The second-order valence-corrected chi connectivity index (χ2v) is 2.86. The van der Waals surface area contributed by atoms with Crippen molar-refractivity contribution in [1.29, 1.82) is 0 Å². The molecule has 76 valence electrons. The van der Waals surface area contributed by atoms with Crippen LogP contribution in [0.15, 0.2) is 18.3 Å². The van der Waals surface area contributed by atoms with Crippen LogP contribution in [0.5, 0.6) is 5.75 Å². The molecule has 0 saturated heterocycles. The van der Waals surface area contributed by atoms with E-state index in [1.165, 1.54) is 0 Å². The van der Waals surface area contributed by atoms with E-state index in [0.717, 1.165) is 0 Å². The Bertz CT molecular complexity index is 326. The molecule has 1 rings (SSSR count). The molecule has 5 nitrogen and oxygen atoms in total. The zero-order chi connectivity index (χ0) is 10.6. The van der Waals surface area contributed by atoms with E-state index in [-0.39, 0.29) is 5.91 Å². The summed E-state index contributed by atoms with van der Waals surface area (Å²) in [4.78, 5) is 15.1. The number of pyridine rings is 1. The summed E-state index contributed by atoms with van der Waals surface area (Å²) in [5.74, 6) is 0.803. The van der Waals surface area contributed by atoms with Crippen LogP contribution in [0.3, 0.4) is 0 Å². The minimum Gasteiger partial charge on any atom is -0.497 e. The average Bonchev–Trinajstić information content (AvgIpc) is 2.18. The highest BCUT2D eigenvalue weighted by molar-refractivity contribution is 5.93. The van der Waals surface area contributed by atoms with Crippen LogP contribution in [0.2, 0.25) is 0 Å². The molecule has 1 heterocycles.